The Morgan fingerprint density at radius 1 is 0.742 bits per heavy atom. The Hall–Kier alpha value is -2.36. The zero-order valence-electron chi connectivity index (χ0n) is 18.0. The lowest BCUT2D eigenvalue weighted by Gasteiger charge is -2.18. The van der Waals surface area contributed by atoms with Gasteiger partial charge in [-0.1, -0.05) is 88.7 Å². The first-order chi connectivity index (χ1) is 15.3. The van der Waals surface area contributed by atoms with Crippen LogP contribution in [0.25, 0.3) is 11.1 Å². The number of halogens is 1. The predicted molar refractivity (Wildman–Crippen MR) is 135 cm³/mol. The van der Waals surface area contributed by atoms with E-state index in [0.717, 1.165) is 30.7 Å². The summed E-state index contributed by atoms with van der Waals surface area (Å²) >= 11 is 3.67. The summed E-state index contributed by atoms with van der Waals surface area (Å²) in [6.07, 6.45) is 3.60. The molecule has 0 saturated carbocycles. The highest BCUT2D eigenvalue weighted by Gasteiger charge is 2.14. The van der Waals surface area contributed by atoms with E-state index in [1.54, 1.807) is 0 Å². The molecule has 1 aliphatic rings. The van der Waals surface area contributed by atoms with E-state index >= 15 is 0 Å². The van der Waals surface area contributed by atoms with Crippen molar-refractivity contribution in [3.8, 4) is 5.75 Å². The van der Waals surface area contributed by atoms with Gasteiger partial charge < -0.3 is 4.74 Å². The van der Waals surface area contributed by atoms with Crippen molar-refractivity contribution >= 4 is 27.1 Å². The van der Waals surface area contributed by atoms with E-state index in [-0.39, 0.29) is 0 Å². The second kappa shape index (κ2) is 11.3. The monoisotopic (exact) mass is 475 g/mol. The van der Waals surface area contributed by atoms with Crippen LogP contribution in [0, 0.1) is 0 Å². The third kappa shape index (κ3) is 5.87. The van der Waals surface area contributed by atoms with E-state index in [4.69, 9.17) is 4.74 Å². The minimum absolute atomic E-state index is 0.750. The summed E-state index contributed by atoms with van der Waals surface area (Å²) in [6, 6.07) is 30.0. The third-order valence-electron chi connectivity index (χ3n) is 5.85. The molecule has 0 atom stereocenters. The van der Waals surface area contributed by atoms with E-state index in [0.29, 0.717) is 0 Å². The Kier molecular flexibility index (Phi) is 7.98. The number of nitrogens with zero attached hydrogens (tertiary/aromatic N) is 1. The summed E-state index contributed by atoms with van der Waals surface area (Å²) in [4.78, 5) is 2.48. The molecule has 1 heterocycles. The summed E-state index contributed by atoms with van der Waals surface area (Å²) in [7, 11) is 0. The highest BCUT2D eigenvalue weighted by Crippen LogP contribution is 2.35. The SMILES string of the molecule is BrCCC(=C(c1ccccc1)c1ccc(OCCN2CCCC2)cc1)c1ccccc1. The van der Waals surface area contributed by atoms with Crippen LogP contribution in [0.2, 0.25) is 0 Å². The van der Waals surface area contributed by atoms with Crippen LogP contribution in [0.3, 0.4) is 0 Å². The fraction of sp³-hybridized carbons (Fsp3) is 0.286. The maximum absolute atomic E-state index is 6.04. The Labute approximate surface area is 194 Å². The maximum atomic E-state index is 6.04. The molecule has 0 spiro atoms. The van der Waals surface area contributed by atoms with Gasteiger partial charge in [-0.15, -0.1) is 0 Å². The van der Waals surface area contributed by atoms with Crippen LogP contribution >= 0.6 is 15.9 Å². The lowest BCUT2D eigenvalue weighted by molar-refractivity contribution is 0.238. The van der Waals surface area contributed by atoms with E-state index in [9.17, 15) is 0 Å². The molecule has 4 rings (SSSR count). The highest BCUT2D eigenvalue weighted by atomic mass is 79.9. The fourth-order valence-electron chi connectivity index (χ4n) is 4.28. The van der Waals surface area contributed by atoms with E-state index in [2.05, 4.69) is 106 Å². The van der Waals surface area contributed by atoms with Gasteiger partial charge in [0.05, 0.1) is 0 Å². The molecule has 3 aromatic carbocycles. The molecule has 0 amide bonds. The minimum Gasteiger partial charge on any atom is -0.492 e. The van der Waals surface area contributed by atoms with Gasteiger partial charge in [0.2, 0.25) is 0 Å². The van der Waals surface area contributed by atoms with Crippen molar-refractivity contribution < 1.29 is 4.74 Å². The topological polar surface area (TPSA) is 12.5 Å². The van der Waals surface area contributed by atoms with Gasteiger partial charge in [0, 0.05) is 11.9 Å². The number of rotatable bonds is 9. The molecule has 0 unspecified atom stereocenters. The van der Waals surface area contributed by atoms with Crippen molar-refractivity contribution in [3.05, 3.63) is 102 Å². The number of hydrogen-bond acceptors (Lipinski definition) is 2. The molecule has 0 aromatic heterocycles. The van der Waals surface area contributed by atoms with Crippen LogP contribution in [-0.4, -0.2) is 36.5 Å². The van der Waals surface area contributed by atoms with Gasteiger partial charge in [-0.3, -0.25) is 4.90 Å². The lowest BCUT2D eigenvalue weighted by atomic mass is 9.88. The van der Waals surface area contributed by atoms with Crippen LogP contribution in [0.4, 0.5) is 0 Å². The largest absolute Gasteiger partial charge is 0.492 e. The van der Waals surface area contributed by atoms with Crippen LogP contribution in [-0.2, 0) is 0 Å². The number of benzene rings is 3. The second-order valence-electron chi connectivity index (χ2n) is 7.95. The summed E-state index contributed by atoms with van der Waals surface area (Å²) in [5.74, 6) is 0.942. The summed E-state index contributed by atoms with van der Waals surface area (Å²) < 4.78 is 6.04. The number of ether oxygens (including phenoxy) is 1. The molecule has 3 aromatic rings. The highest BCUT2D eigenvalue weighted by molar-refractivity contribution is 9.09. The van der Waals surface area contributed by atoms with Crippen molar-refractivity contribution in [2.75, 3.05) is 31.6 Å². The Morgan fingerprint density at radius 3 is 1.94 bits per heavy atom. The second-order valence-corrected chi connectivity index (χ2v) is 8.74. The summed E-state index contributed by atoms with van der Waals surface area (Å²) in [5, 5.41) is 0.922. The number of alkyl halides is 1. The first kappa shape index (κ1) is 21.9. The first-order valence-electron chi connectivity index (χ1n) is 11.2. The number of hydrogen-bond donors (Lipinski definition) is 0. The molecule has 31 heavy (non-hydrogen) atoms. The zero-order valence-corrected chi connectivity index (χ0v) is 19.6. The van der Waals surface area contributed by atoms with Gasteiger partial charge in [-0.05, 0) is 72.3 Å². The van der Waals surface area contributed by atoms with Crippen molar-refractivity contribution in [1.29, 1.82) is 0 Å². The Balaban J connectivity index is 1.62. The summed E-state index contributed by atoms with van der Waals surface area (Å²) in [5.41, 5.74) is 6.37. The standard InChI is InChI=1S/C28H30BrNO/c29-18-17-27(23-9-3-1-4-10-23)28(24-11-5-2-6-12-24)25-13-15-26(16-14-25)31-22-21-30-19-7-8-20-30/h1-6,9-16H,7-8,17-22H2. The van der Waals surface area contributed by atoms with Gasteiger partial charge in [0.25, 0.3) is 0 Å². The van der Waals surface area contributed by atoms with Crippen molar-refractivity contribution in [2.24, 2.45) is 0 Å². The van der Waals surface area contributed by atoms with E-state index in [1.165, 1.54) is 53.8 Å². The van der Waals surface area contributed by atoms with Crippen LogP contribution in [0.5, 0.6) is 5.75 Å². The fourth-order valence-corrected chi connectivity index (χ4v) is 4.68. The van der Waals surface area contributed by atoms with E-state index < -0.39 is 0 Å². The maximum Gasteiger partial charge on any atom is 0.119 e. The van der Waals surface area contributed by atoms with Gasteiger partial charge in [-0.25, -0.2) is 0 Å². The minimum atomic E-state index is 0.750. The van der Waals surface area contributed by atoms with Gasteiger partial charge >= 0.3 is 0 Å². The first-order valence-corrected chi connectivity index (χ1v) is 12.3. The van der Waals surface area contributed by atoms with Gasteiger partial charge in [-0.2, -0.15) is 0 Å². The number of likely N-dealkylation sites (tertiary alicyclic amines) is 1. The molecule has 0 N–H and O–H groups in total. The molecule has 0 bridgehead atoms. The average Bonchev–Trinajstić information content (AvgIpc) is 3.35. The molecule has 1 saturated heterocycles. The average molecular weight is 476 g/mol. The van der Waals surface area contributed by atoms with Crippen molar-refractivity contribution in [2.45, 2.75) is 19.3 Å². The van der Waals surface area contributed by atoms with Gasteiger partial charge in [0.15, 0.2) is 0 Å². The Bertz CT molecular complexity index is 961. The molecular weight excluding hydrogens is 446 g/mol. The van der Waals surface area contributed by atoms with Crippen LogP contribution in [0.1, 0.15) is 36.0 Å². The summed E-state index contributed by atoms with van der Waals surface area (Å²) in [6.45, 7) is 4.19. The smallest absolute Gasteiger partial charge is 0.119 e. The third-order valence-corrected chi connectivity index (χ3v) is 6.25. The molecule has 1 fully saturated rings. The van der Waals surface area contributed by atoms with Crippen molar-refractivity contribution in [1.82, 2.24) is 4.90 Å². The lowest BCUT2D eigenvalue weighted by Crippen LogP contribution is -2.25. The molecule has 1 aliphatic heterocycles. The molecular formula is C28H30BrNO. The molecule has 0 radical (unpaired) electrons. The van der Waals surface area contributed by atoms with Crippen LogP contribution < -0.4 is 4.74 Å². The van der Waals surface area contributed by atoms with Gasteiger partial charge in [0.1, 0.15) is 12.4 Å². The normalized spacial score (nSPS) is 15.0. The quantitative estimate of drug-likeness (QED) is 0.246. The molecule has 2 nitrogen and oxygen atoms in total. The predicted octanol–water partition coefficient (Wildman–Crippen LogP) is 6.91. The van der Waals surface area contributed by atoms with E-state index in [1.807, 2.05) is 0 Å². The molecule has 3 heteroatoms. The van der Waals surface area contributed by atoms with Crippen molar-refractivity contribution in [3.63, 3.8) is 0 Å². The zero-order chi connectivity index (χ0) is 21.3. The van der Waals surface area contributed by atoms with Crippen LogP contribution in [0.15, 0.2) is 84.9 Å². The Morgan fingerprint density at radius 2 is 1.32 bits per heavy atom. The molecule has 160 valence electrons. The molecule has 0 aliphatic carbocycles. The number of allylic oxidation sites excluding steroid dienone is 1.